The van der Waals surface area contributed by atoms with Crippen LogP contribution in [0.15, 0.2) is 0 Å². The third-order valence-electron chi connectivity index (χ3n) is 3.01. The van der Waals surface area contributed by atoms with Crippen LogP contribution in [0.4, 0.5) is 0 Å². The van der Waals surface area contributed by atoms with Gasteiger partial charge in [-0.15, -0.1) is 0 Å². The molecule has 94 valence electrons. The molecule has 1 aliphatic heterocycles. The first kappa shape index (κ1) is 13.5. The quantitative estimate of drug-likeness (QED) is 0.657. The molecule has 1 heterocycles. The number of carbonyl (C=O) groups is 1. The highest BCUT2D eigenvalue weighted by Gasteiger charge is 2.24. The topological polar surface area (TPSA) is 41.6 Å². The van der Waals surface area contributed by atoms with Gasteiger partial charge >= 0.3 is 0 Å². The fraction of sp³-hybridized carbons (Fsp3) is 0.917. The Hall–Kier alpha value is -0.610. The lowest BCUT2D eigenvalue weighted by atomic mass is 10.1. The molecule has 1 rings (SSSR count). The number of amides is 1. The summed E-state index contributed by atoms with van der Waals surface area (Å²) in [6, 6.07) is 0. The predicted molar refractivity (Wildman–Crippen MR) is 64.3 cm³/mol. The summed E-state index contributed by atoms with van der Waals surface area (Å²) >= 11 is 0. The maximum atomic E-state index is 11.8. The van der Waals surface area contributed by atoms with Crippen molar-refractivity contribution in [2.24, 2.45) is 5.92 Å². The summed E-state index contributed by atoms with van der Waals surface area (Å²) in [5.41, 5.74) is 0. The normalized spacial score (nSPS) is 20.4. The molecule has 1 amide bonds. The van der Waals surface area contributed by atoms with Gasteiger partial charge in [-0.05, 0) is 39.3 Å². The second kappa shape index (κ2) is 7.63. The monoisotopic (exact) mass is 228 g/mol. The molecule has 0 aromatic carbocycles. The number of hydrogen-bond donors (Lipinski definition) is 1. The highest BCUT2D eigenvalue weighted by atomic mass is 16.5. The molecule has 0 aromatic heterocycles. The molecular formula is C12H24N2O2. The zero-order valence-corrected chi connectivity index (χ0v) is 10.5. The van der Waals surface area contributed by atoms with E-state index in [0.29, 0.717) is 24.9 Å². The van der Waals surface area contributed by atoms with Crippen LogP contribution >= 0.6 is 0 Å². The minimum atomic E-state index is 0.290. The Morgan fingerprint density at radius 2 is 2.38 bits per heavy atom. The van der Waals surface area contributed by atoms with E-state index in [1.54, 1.807) is 0 Å². The van der Waals surface area contributed by atoms with Gasteiger partial charge in [0.1, 0.15) is 0 Å². The van der Waals surface area contributed by atoms with E-state index < -0.39 is 0 Å². The van der Waals surface area contributed by atoms with Crippen molar-refractivity contribution in [1.82, 2.24) is 10.2 Å². The maximum Gasteiger partial charge on any atom is 0.222 e. The van der Waals surface area contributed by atoms with Gasteiger partial charge in [0, 0.05) is 32.7 Å². The first-order valence-electron chi connectivity index (χ1n) is 6.28. The smallest absolute Gasteiger partial charge is 0.222 e. The first-order chi connectivity index (χ1) is 7.77. The second-order valence-electron chi connectivity index (χ2n) is 4.35. The average Bonchev–Trinajstić information content (AvgIpc) is 2.73. The zero-order chi connectivity index (χ0) is 11.8. The number of nitrogens with one attached hydrogen (secondary N) is 1. The van der Waals surface area contributed by atoms with E-state index in [0.717, 1.165) is 39.1 Å². The first-order valence-corrected chi connectivity index (χ1v) is 6.28. The minimum Gasteiger partial charge on any atom is -0.382 e. The lowest BCUT2D eigenvalue weighted by Crippen LogP contribution is -2.30. The van der Waals surface area contributed by atoms with Crippen LogP contribution in [0, 0.1) is 5.92 Å². The van der Waals surface area contributed by atoms with Crippen molar-refractivity contribution >= 4 is 5.91 Å². The Kier molecular flexibility index (Phi) is 6.42. The van der Waals surface area contributed by atoms with Crippen molar-refractivity contribution in [2.45, 2.75) is 26.2 Å². The molecule has 1 unspecified atom stereocenters. The molecule has 0 saturated carbocycles. The van der Waals surface area contributed by atoms with Crippen molar-refractivity contribution in [3.8, 4) is 0 Å². The Morgan fingerprint density at radius 1 is 1.56 bits per heavy atom. The van der Waals surface area contributed by atoms with Gasteiger partial charge in [0.05, 0.1) is 0 Å². The van der Waals surface area contributed by atoms with Gasteiger partial charge in [0.15, 0.2) is 0 Å². The number of carbonyl (C=O) groups excluding carboxylic acids is 1. The molecule has 0 spiro atoms. The SMILES string of the molecule is CCOCCCC(=O)N1CCC(CNC)C1. The van der Waals surface area contributed by atoms with Gasteiger partial charge in [-0.25, -0.2) is 0 Å². The van der Waals surface area contributed by atoms with Crippen molar-refractivity contribution in [1.29, 1.82) is 0 Å². The van der Waals surface area contributed by atoms with Crippen LogP contribution in [-0.2, 0) is 9.53 Å². The van der Waals surface area contributed by atoms with Crippen molar-refractivity contribution < 1.29 is 9.53 Å². The summed E-state index contributed by atoms with van der Waals surface area (Å²) in [5.74, 6) is 0.930. The summed E-state index contributed by atoms with van der Waals surface area (Å²) in [5, 5.41) is 3.17. The summed E-state index contributed by atoms with van der Waals surface area (Å²) in [6.07, 6.45) is 2.62. The Bertz CT molecular complexity index is 209. The summed E-state index contributed by atoms with van der Waals surface area (Å²) in [4.78, 5) is 13.8. The molecular weight excluding hydrogens is 204 g/mol. The maximum absolute atomic E-state index is 11.8. The zero-order valence-electron chi connectivity index (χ0n) is 10.5. The van der Waals surface area contributed by atoms with E-state index in [2.05, 4.69) is 5.32 Å². The van der Waals surface area contributed by atoms with Gasteiger partial charge in [-0.1, -0.05) is 0 Å². The average molecular weight is 228 g/mol. The Labute approximate surface area is 98.3 Å². The Balaban J connectivity index is 2.13. The highest BCUT2D eigenvalue weighted by Crippen LogP contribution is 2.16. The van der Waals surface area contributed by atoms with Gasteiger partial charge < -0.3 is 15.0 Å². The van der Waals surface area contributed by atoms with E-state index in [1.807, 2.05) is 18.9 Å². The molecule has 1 N–H and O–H groups in total. The van der Waals surface area contributed by atoms with Crippen LogP contribution in [-0.4, -0.2) is 50.7 Å². The molecule has 0 radical (unpaired) electrons. The number of likely N-dealkylation sites (tertiary alicyclic amines) is 1. The predicted octanol–water partition coefficient (Wildman–Crippen LogP) is 0.871. The fourth-order valence-corrected chi connectivity index (χ4v) is 2.14. The van der Waals surface area contributed by atoms with E-state index in [-0.39, 0.29) is 0 Å². The Morgan fingerprint density at radius 3 is 3.06 bits per heavy atom. The van der Waals surface area contributed by atoms with Crippen LogP contribution in [0.1, 0.15) is 26.2 Å². The molecule has 0 aliphatic carbocycles. The molecule has 4 nitrogen and oxygen atoms in total. The van der Waals surface area contributed by atoms with Gasteiger partial charge in [-0.3, -0.25) is 4.79 Å². The molecule has 1 fully saturated rings. The van der Waals surface area contributed by atoms with Crippen LogP contribution in [0.25, 0.3) is 0 Å². The molecule has 4 heteroatoms. The van der Waals surface area contributed by atoms with Crippen molar-refractivity contribution in [3.05, 3.63) is 0 Å². The summed E-state index contributed by atoms with van der Waals surface area (Å²) in [6.45, 7) is 6.29. The van der Waals surface area contributed by atoms with Crippen LogP contribution in [0.5, 0.6) is 0 Å². The number of hydrogen-bond acceptors (Lipinski definition) is 3. The van der Waals surface area contributed by atoms with Gasteiger partial charge in [0.2, 0.25) is 5.91 Å². The second-order valence-corrected chi connectivity index (χ2v) is 4.35. The fourth-order valence-electron chi connectivity index (χ4n) is 2.14. The molecule has 1 saturated heterocycles. The highest BCUT2D eigenvalue weighted by molar-refractivity contribution is 5.76. The third-order valence-corrected chi connectivity index (χ3v) is 3.01. The number of ether oxygens (including phenoxy) is 1. The lowest BCUT2D eigenvalue weighted by Gasteiger charge is -2.16. The molecule has 1 aliphatic rings. The van der Waals surface area contributed by atoms with Crippen LogP contribution in [0.2, 0.25) is 0 Å². The number of nitrogens with zero attached hydrogens (tertiary/aromatic N) is 1. The molecule has 1 atom stereocenters. The van der Waals surface area contributed by atoms with E-state index in [4.69, 9.17) is 4.74 Å². The standard InChI is InChI=1S/C12H24N2O2/c1-3-16-8-4-5-12(15)14-7-6-11(10-14)9-13-2/h11,13H,3-10H2,1-2H3. The molecule has 16 heavy (non-hydrogen) atoms. The van der Waals surface area contributed by atoms with Crippen molar-refractivity contribution in [2.75, 3.05) is 39.9 Å². The summed E-state index contributed by atoms with van der Waals surface area (Å²) in [7, 11) is 1.96. The van der Waals surface area contributed by atoms with E-state index in [1.165, 1.54) is 0 Å². The third kappa shape index (κ3) is 4.49. The largest absolute Gasteiger partial charge is 0.382 e. The van der Waals surface area contributed by atoms with Gasteiger partial charge in [0.25, 0.3) is 0 Å². The van der Waals surface area contributed by atoms with E-state index >= 15 is 0 Å². The number of rotatable bonds is 7. The van der Waals surface area contributed by atoms with Crippen LogP contribution < -0.4 is 5.32 Å². The molecule has 0 bridgehead atoms. The molecule has 0 aromatic rings. The van der Waals surface area contributed by atoms with E-state index in [9.17, 15) is 4.79 Å². The lowest BCUT2D eigenvalue weighted by molar-refractivity contribution is -0.130. The minimum absolute atomic E-state index is 0.290. The summed E-state index contributed by atoms with van der Waals surface area (Å²) < 4.78 is 5.23. The van der Waals surface area contributed by atoms with Gasteiger partial charge in [-0.2, -0.15) is 0 Å². The van der Waals surface area contributed by atoms with Crippen molar-refractivity contribution in [3.63, 3.8) is 0 Å². The van der Waals surface area contributed by atoms with Crippen LogP contribution in [0.3, 0.4) is 0 Å².